The first-order valence-corrected chi connectivity index (χ1v) is 10.4. The van der Waals surface area contributed by atoms with Gasteiger partial charge in [0, 0.05) is 10.4 Å². The molecule has 2 N–H and O–H groups in total. The second-order valence-electron chi connectivity index (χ2n) is 6.80. The number of hydrogen-bond donors (Lipinski definition) is 2. The zero-order valence-electron chi connectivity index (χ0n) is 16.9. The van der Waals surface area contributed by atoms with E-state index in [9.17, 15) is 9.59 Å². The van der Waals surface area contributed by atoms with Crippen LogP contribution in [0.1, 0.15) is 56.2 Å². The Labute approximate surface area is 174 Å². The topological polar surface area (TPSA) is 85.9 Å². The summed E-state index contributed by atoms with van der Waals surface area (Å²) < 4.78 is 15.8. The minimum Gasteiger partial charge on any atom is -0.493 e. The number of amides is 2. The number of carbonyl (C=O) groups is 2. The van der Waals surface area contributed by atoms with E-state index in [1.165, 1.54) is 68.1 Å². The molecule has 0 spiro atoms. The van der Waals surface area contributed by atoms with Gasteiger partial charge in [-0.15, -0.1) is 11.3 Å². The molecule has 0 saturated heterocycles. The summed E-state index contributed by atoms with van der Waals surface area (Å²) in [5.41, 5.74) is 6.50. The van der Waals surface area contributed by atoms with Gasteiger partial charge >= 0.3 is 0 Å². The molecule has 156 valence electrons. The van der Waals surface area contributed by atoms with E-state index in [2.05, 4.69) is 10.9 Å². The van der Waals surface area contributed by atoms with E-state index in [1.807, 2.05) is 6.07 Å². The highest BCUT2D eigenvalue weighted by Gasteiger charge is 2.19. The first-order chi connectivity index (χ1) is 14.1. The number of hydrazine groups is 1. The highest BCUT2D eigenvalue weighted by molar-refractivity contribution is 7.14. The molecule has 0 bridgehead atoms. The maximum atomic E-state index is 12.5. The van der Waals surface area contributed by atoms with Crippen molar-refractivity contribution < 1.29 is 23.8 Å². The lowest BCUT2D eigenvalue weighted by Crippen LogP contribution is -2.41. The van der Waals surface area contributed by atoms with Crippen molar-refractivity contribution in [2.75, 3.05) is 21.3 Å². The summed E-state index contributed by atoms with van der Waals surface area (Å²) in [7, 11) is 4.44. The number of fused-ring (bicyclic) bond motifs is 1. The van der Waals surface area contributed by atoms with Crippen LogP contribution in [0.15, 0.2) is 18.2 Å². The summed E-state index contributed by atoms with van der Waals surface area (Å²) in [6, 6.07) is 5.01. The number of ether oxygens (including phenoxy) is 3. The van der Waals surface area contributed by atoms with Crippen molar-refractivity contribution in [1.82, 2.24) is 10.9 Å². The van der Waals surface area contributed by atoms with Crippen LogP contribution in [0.5, 0.6) is 17.2 Å². The summed E-state index contributed by atoms with van der Waals surface area (Å²) in [5.74, 6) is 0.324. The van der Waals surface area contributed by atoms with Crippen LogP contribution in [0.2, 0.25) is 0 Å². The third-order valence-corrected chi connectivity index (χ3v) is 6.17. The van der Waals surface area contributed by atoms with Crippen LogP contribution < -0.4 is 25.1 Å². The van der Waals surface area contributed by atoms with Gasteiger partial charge in [-0.25, -0.2) is 0 Å². The predicted octanol–water partition coefficient (Wildman–Crippen LogP) is 3.51. The summed E-state index contributed by atoms with van der Waals surface area (Å²) in [4.78, 5) is 27.0. The second-order valence-corrected chi connectivity index (χ2v) is 7.93. The Bertz CT molecular complexity index is 843. The lowest BCUT2D eigenvalue weighted by atomic mass is 10.00. The lowest BCUT2D eigenvalue weighted by Gasteiger charge is -2.14. The van der Waals surface area contributed by atoms with Crippen molar-refractivity contribution >= 4 is 23.2 Å². The maximum absolute atomic E-state index is 12.5. The normalized spacial score (nSPS) is 13.5. The average Bonchev–Trinajstić information content (AvgIpc) is 3.12. The third-order valence-electron chi connectivity index (χ3n) is 4.94. The Morgan fingerprint density at radius 3 is 2.07 bits per heavy atom. The van der Waals surface area contributed by atoms with Gasteiger partial charge in [-0.1, -0.05) is 12.8 Å². The molecule has 0 aliphatic heterocycles. The predicted molar refractivity (Wildman–Crippen MR) is 111 cm³/mol. The molecule has 0 atom stereocenters. The van der Waals surface area contributed by atoms with Crippen molar-refractivity contribution in [3.63, 3.8) is 0 Å². The summed E-state index contributed by atoms with van der Waals surface area (Å²) >= 11 is 1.51. The van der Waals surface area contributed by atoms with E-state index in [4.69, 9.17) is 14.2 Å². The van der Waals surface area contributed by atoms with Crippen molar-refractivity contribution in [2.24, 2.45) is 0 Å². The van der Waals surface area contributed by atoms with Crippen LogP contribution in [0, 0.1) is 0 Å². The molecule has 8 heteroatoms. The van der Waals surface area contributed by atoms with Gasteiger partial charge in [0.2, 0.25) is 5.75 Å². The number of hydrogen-bond acceptors (Lipinski definition) is 6. The number of benzene rings is 1. The molecule has 0 radical (unpaired) electrons. The smallest absolute Gasteiger partial charge is 0.279 e. The van der Waals surface area contributed by atoms with E-state index in [-0.39, 0.29) is 11.5 Å². The summed E-state index contributed by atoms with van der Waals surface area (Å²) in [5, 5.41) is 0. The molecule has 1 heterocycles. The van der Waals surface area contributed by atoms with Gasteiger partial charge in [-0.05, 0) is 49.4 Å². The first-order valence-electron chi connectivity index (χ1n) is 9.59. The van der Waals surface area contributed by atoms with Crippen LogP contribution in [0.4, 0.5) is 0 Å². The van der Waals surface area contributed by atoms with E-state index in [1.54, 1.807) is 0 Å². The molecule has 1 aliphatic carbocycles. The van der Waals surface area contributed by atoms with Crippen LogP contribution in [-0.4, -0.2) is 33.1 Å². The Morgan fingerprint density at radius 2 is 1.45 bits per heavy atom. The molecule has 1 aliphatic rings. The quantitative estimate of drug-likeness (QED) is 0.726. The van der Waals surface area contributed by atoms with Crippen LogP contribution in [0.3, 0.4) is 0 Å². The van der Waals surface area contributed by atoms with E-state index >= 15 is 0 Å². The van der Waals surface area contributed by atoms with Gasteiger partial charge < -0.3 is 14.2 Å². The SMILES string of the molecule is COc1cc(C(=O)NNC(=O)c2cc3c(s2)CCCCCC3)cc(OC)c1OC. The molecular formula is C21H26N2O5S. The summed E-state index contributed by atoms with van der Waals surface area (Å²) in [6.07, 6.45) is 6.82. The van der Waals surface area contributed by atoms with Crippen molar-refractivity contribution in [3.8, 4) is 17.2 Å². The highest BCUT2D eigenvalue weighted by Crippen LogP contribution is 2.38. The molecule has 2 aromatic rings. The fourth-order valence-electron chi connectivity index (χ4n) is 3.42. The molecule has 2 amide bonds. The molecular weight excluding hydrogens is 392 g/mol. The number of carbonyl (C=O) groups excluding carboxylic acids is 2. The molecule has 3 rings (SSSR count). The van der Waals surface area contributed by atoms with Crippen LogP contribution in [0.25, 0.3) is 0 Å². The van der Waals surface area contributed by atoms with Gasteiger partial charge in [-0.3, -0.25) is 20.4 Å². The number of rotatable bonds is 5. The Kier molecular flexibility index (Phi) is 6.98. The van der Waals surface area contributed by atoms with Gasteiger partial charge in [0.1, 0.15) is 0 Å². The fraction of sp³-hybridized carbons (Fsp3) is 0.429. The number of aryl methyl sites for hydroxylation is 2. The van der Waals surface area contributed by atoms with Crippen molar-refractivity contribution in [1.29, 1.82) is 0 Å². The molecule has 1 aromatic carbocycles. The number of nitrogens with one attached hydrogen (secondary N) is 2. The lowest BCUT2D eigenvalue weighted by molar-refractivity contribution is 0.0848. The van der Waals surface area contributed by atoms with Gasteiger partial charge in [0.25, 0.3) is 11.8 Å². The van der Waals surface area contributed by atoms with E-state index in [0.717, 1.165) is 25.7 Å². The number of thiophene rings is 1. The van der Waals surface area contributed by atoms with E-state index < -0.39 is 5.91 Å². The highest BCUT2D eigenvalue weighted by atomic mass is 32.1. The van der Waals surface area contributed by atoms with E-state index in [0.29, 0.717) is 22.1 Å². The molecule has 0 unspecified atom stereocenters. The minimum absolute atomic E-state index is 0.276. The van der Waals surface area contributed by atoms with Crippen LogP contribution >= 0.6 is 11.3 Å². The van der Waals surface area contributed by atoms with Gasteiger partial charge in [0.05, 0.1) is 26.2 Å². The Balaban J connectivity index is 1.69. The Hall–Kier alpha value is -2.74. The molecule has 0 fully saturated rings. The summed E-state index contributed by atoms with van der Waals surface area (Å²) in [6.45, 7) is 0. The zero-order valence-corrected chi connectivity index (χ0v) is 17.7. The molecule has 0 saturated carbocycles. The van der Waals surface area contributed by atoms with Gasteiger partial charge in [0.15, 0.2) is 11.5 Å². The standard InChI is InChI=1S/C21H26N2O5S/c1-26-15-10-14(11-16(27-2)19(15)28-3)20(24)22-23-21(25)18-12-13-8-6-4-5-7-9-17(13)29-18/h10-12H,4-9H2,1-3H3,(H,22,24)(H,23,25). The monoisotopic (exact) mass is 418 g/mol. The molecule has 1 aromatic heterocycles. The maximum Gasteiger partial charge on any atom is 0.279 e. The van der Waals surface area contributed by atoms with Gasteiger partial charge in [-0.2, -0.15) is 0 Å². The van der Waals surface area contributed by atoms with Crippen LogP contribution in [-0.2, 0) is 12.8 Å². The minimum atomic E-state index is -0.479. The second kappa shape index (κ2) is 9.65. The fourth-order valence-corrected chi connectivity index (χ4v) is 4.56. The Morgan fingerprint density at radius 1 is 0.828 bits per heavy atom. The van der Waals surface area contributed by atoms with Crippen molar-refractivity contribution in [3.05, 3.63) is 39.1 Å². The molecule has 29 heavy (non-hydrogen) atoms. The average molecular weight is 419 g/mol. The third kappa shape index (κ3) is 4.82. The largest absolute Gasteiger partial charge is 0.493 e. The van der Waals surface area contributed by atoms with Crippen molar-refractivity contribution in [2.45, 2.75) is 38.5 Å². The number of methoxy groups -OCH3 is 3. The first kappa shape index (κ1) is 21.0. The zero-order chi connectivity index (χ0) is 20.8. The molecule has 7 nitrogen and oxygen atoms in total.